The van der Waals surface area contributed by atoms with Crippen LogP contribution in [0.25, 0.3) is 0 Å². The predicted molar refractivity (Wildman–Crippen MR) is 73.0 cm³/mol. The van der Waals surface area contributed by atoms with Crippen molar-refractivity contribution in [1.82, 2.24) is 14.9 Å². The smallest absolute Gasteiger partial charge is 0.0544 e. The highest BCUT2D eigenvalue weighted by molar-refractivity contribution is 5.14. The van der Waals surface area contributed by atoms with Crippen LogP contribution >= 0.6 is 0 Å². The quantitative estimate of drug-likeness (QED) is 0.805. The minimum absolute atomic E-state index is 0.390. The lowest BCUT2D eigenvalue weighted by Crippen LogP contribution is -2.24. The molecule has 0 spiro atoms. The van der Waals surface area contributed by atoms with Crippen molar-refractivity contribution in [2.24, 2.45) is 0 Å². The Balaban J connectivity index is 2.09. The van der Waals surface area contributed by atoms with Gasteiger partial charge in [-0.15, -0.1) is 0 Å². The molecule has 0 N–H and O–H groups in total. The number of hydrogen-bond acceptors (Lipinski definition) is 3. The fourth-order valence-corrected chi connectivity index (χ4v) is 2.23. The van der Waals surface area contributed by atoms with Crippen molar-refractivity contribution in [3.63, 3.8) is 0 Å². The number of rotatable bonds is 5. The van der Waals surface area contributed by atoms with E-state index in [4.69, 9.17) is 0 Å². The van der Waals surface area contributed by atoms with Crippen LogP contribution in [0, 0.1) is 0 Å². The van der Waals surface area contributed by atoms with Crippen LogP contribution in [0.3, 0.4) is 0 Å². The van der Waals surface area contributed by atoms with Gasteiger partial charge >= 0.3 is 0 Å². The summed E-state index contributed by atoms with van der Waals surface area (Å²) in [5, 5.41) is 0. The highest BCUT2D eigenvalue weighted by Crippen LogP contribution is 2.23. The van der Waals surface area contributed by atoms with Crippen LogP contribution in [-0.2, 0) is 6.54 Å². The van der Waals surface area contributed by atoms with Gasteiger partial charge in [-0.25, -0.2) is 0 Å². The molecule has 3 heteroatoms. The molecule has 18 heavy (non-hydrogen) atoms. The fourth-order valence-electron chi connectivity index (χ4n) is 2.23. The van der Waals surface area contributed by atoms with Crippen molar-refractivity contribution in [3.05, 3.63) is 60.2 Å². The van der Waals surface area contributed by atoms with Crippen LogP contribution in [0.1, 0.15) is 30.6 Å². The first-order chi connectivity index (χ1) is 8.81. The summed E-state index contributed by atoms with van der Waals surface area (Å²) in [6.45, 7) is 3.06. The number of aromatic nitrogens is 2. The van der Waals surface area contributed by atoms with Crippen LogP contribution in [0.4, 0.5) is 0 Å². The van der Waals surface area contributed by atoms with Crippen molar-refractivity contribution in [2.45, 2.75) is 25.9 Å². The van der Waals surface area contributed by atoms with Crippen LogP contribution in [0.15, 0.2) is 48.9 Å². The summed E-state index contributed by atoms with van der Waals surface area (Å²) in [5.74, 6) is 0. The molecule has 0 aliphatic carbocycles. The second kappa shape index (κ2) is 6.26. The van der Waals surface area contributed by atoms with Crippen molar-refractivity contribution in [2.75, 3.05) is 7.05 Å². The lowest BCUT2D eigenvalue weighted by Gasteiger charge is -2.26. The molecule has 2 heterocycles. The van der Waals surface area contributed by atoms with Crippen molar-refractivity contribution in [3.8, 4) is 0 Å². The van der Waals surface area contributed by atoms with Gasteiger partial charge in [-0.05, 0) is 37.2 Å². The zero-order valence-corrected chi connectivity index (χ0v) is 11.0. The van der Waals surface area contributed by atoms with Gasteiger partial charge < -0.3 is 0 Å². The molecule has 0 aromatic carbocycles. The Hall–Kier alpha value is -1.74. The van der Waals surface area contributed by atoms with E-state index in [0.717, 1.165) is 18.7 Å². The molecule has 94 valence electrons. The van der Waals surface area contributed by atoms with Gasteiger partial charge in [-0.3, -0.25) is 14.9 Å². The summed E-state index contributed by atoms with van der Waals surface area (Å²) < 4.78 is 0. The molecule has 0 saturated heterocycles. The van der Waals surface area contributed by atoms with E-state index in [2.05, 4.69) is 41.0 Å². The first kappa shape index (κ1) is 12.7. The Bertz CT molecular complexity index is 456. The van der Waals surface area contributed by atoms with E-state index in [-0.39, 0.29) is 0 Å². The topological polar surface area (TPSA) is 29.0 Å². The fraction of sp³-hybridized carbons (Fsp3) is 0.333. The Morgan fingerprint density at radius 3 is 2.67 bits per heavy atom. The largest absolute Gasteiger partial charge is 0.293 e. The molecule has 0 saturated carbocycles. The molecule has 0 aliphatic heterocycles. The van der Waals surface area contributed by atoms with Crippen molar-refractivity contribution in [1.29, 1.82) is 0 Å². The zero-order chi connectivity index (χ0) is 12.8. The minimum atomic E-state index is 0.390. The van der Waals surface area contributed by atoms with Crippen LogP contribution in [0.5, 0.6) is 0 Å². The van der Waals surface area contributed by atoms with Gasteiger partial charge in [0.15, 0.2) is 0 Å². The molecule has 1 unspecified atom stereocenters. The van der Waals surface area contributed by atoms with E-state index in [9.17, 15) is 0 Å². The SMILES string of the molecule is CCC(c1cccnc1)N(C)Cc1ccccn1. The zero-order valence-electron chi connectivity index (χ0n) is 11.0. The van der Waals surface area contributed by atoms with E-state index < -0.39 is 0 Å². The minimum Gasteiger partial charge on any atom is -0.293 e. The van der Waals surface area contributed by atoms with Gasteiger partial charge in [0.05, 0.1) is 5.69 Å². The molecular formula is C15H19N3. The average molecular weight is 241 g/mol. The molecule has 2 aromatic heterocycles. The van der Waals surface area contributed by atoms with E-state index in [0.29, 0.717) is 6.04 Å². The summed E-state index contributed by atoms with van der Waals surface area (Å²) in [6.07, 6.45) is 6.67. The Morgan fingerprint density at radius 1 is 1.17 bits per heavy atom. The lowest BCUT2D eigenvalue weighted by atomic mass is 10.1. The molecule has 0 radical (unpaired) electrons. The maximum atomic E-state index is 4.37. The summed E-state index contributed by atoms with van der Waals surface area (Å²) in [7, 11) is 2.13. The summed E-state index contributed by atoms with van der Waals surface area (Å²) in [6, 6.07) is 10.6. The van der Waals surface area contributed by atoms with Crippen molar-refractivity contribution >= 4 is 0 Å². The monoisotopic (exact) mass is 241 g/mol. The third-order valence-electron chi connectivity index (χ3n) is 3.13. The molecule has 0 bridgehead atoms. The molecule has 0 fully saturated rings. The third kappa shape index (κ3) is 3.14. The van der Waals surface area contributed by atoms with Crippen LogP contribution in [0.2, 0.25) is 0 Å². The van der Waals surface area contributed by atoms with E-state index in [1.807, 2.05) is 36.8 Å². The van der Waals surface area contributed by atoms with Gasteiger partial charge in [0, 0.05) is 31.2 Å². The number of pyridine rings is 2. The first-order valence-corrected chi connectivity index (χ1v) is 6.31. The first-order valence-electron chi connectivity index (χ1n) is 6.31. The van der Waals surface area contributed by atoms with E-state index in [1.54, 1.807) is 0 Å². The normalized spacial score (nSPS) is 12.6. The number of nitrogens with zero attached hydrogens (tertiary/aromatic N) is 3. The Morgan fingerprint density at radius 2 is 2.06 bits per heavy atom. The van der Waals surface area contributed by atoms with E-state index in [1.165, 1.54) is 5.56 Å². The second-order valence-electron chi connectivity index (χ2n) is 4.45. The molecule has 1 atom stereocenters. The summed E-state index contributed by atoms with van der Waals surface area (Å²) in [4.78, 5) is 10.9. The standard InChI is InChI=1S/C15H19N3/c1-3-15(13-7-6-9-16-11-13)18(2)12-14-8-4-5-10-17-14/h4-11,15H,3,12H2,1-2H3. The maximum absolute atomic E-state index is 4.37. The van der Waals surface area contributed by atoms with Gasteiger partial charge in [0.25, 0.3) is 0 Å². The maximum Gasteiger partial charge on any atom is 0.0544 e. The number of hydrogen-bond donors (Lipinski definition) is 0. The molecule has 0 amide bonds. The highest BCUT2D eigenvalue weighted by atomic mass is 15.1. The molecule has 0 aliphatic rings. The van der Waals surface area contributed by atoms with Gasteiger partial charge in [0.1, 0.15) is 0 Å². The van der Waals surface area contributed by atoms with Crippen LogP contribution < -0.4 is 0 Å². The molecule has 2 rings (SSSR count). The van der Waals surface area contributed by atoms with Gasteiger partial charge in [-0.1, -0.05) is 19.1 Å². The third-order valence-corrected chi connectivity index (χ3v) is 3.13. The molecule has 2 aromatic rings. The average Bonchev–Trinajstić information content (AvgIpc) is 2.42. The van der Waals surface area contributed by atoms with Crippen molar-refractivity contribution < 1.29 is 0 Å². The predicted octanol–water partition coefficient (Wildman–Crippen LogP) is 3.06. The summed E-state index contributed by atoms with van der Waals surface area (Å²) >= 11 is 0. The molecule has 3 nitrogen and oxygen atoms in total. The van der Waals surface area contributed by atoms with E-state index >= 15 is 0 Å². The molecular weight excluding hydrogens is 222 g/mol. The van der Waals surface area contributed by atoms with Gasteiger partial charge in [-0.2, -0.15) is 0 Å². The Labute approximate surface area is 109 Å². The van der Waals surface area contributed by atoms with Crippen LogP contribution in [-0.4, -0.2) is 21.9 Å². The summed E-state index contributed by atoms with van der Waals surface area (Å²) in [5.41, 5.74) is 2.36. The van der Waals surface area contributed by atoms with Gasteiger partial charge in [0.2, 0.25) is 0 Å². The second-order valence-corrected chi connectivity index (χ2v) is 4.45. The highest BCUT2D eigenvalue weighted by Gasteiger charge is 2.15. The lowest BCUT2D eigenvalue weighted by molar-refractivity contribution is 0.227. The Kier molecular flexibility index (Phi) is 4.42.